The summed E-state index contributed by atoms with van der Waals surface area (Å²) < 4.78 is 0. The highest BCUT2D eigenvalue weighted by Crippen LogP contribution is 2.29. The first-order chi connectivity index (χ1) is 8.97. The van der Waals surface area contributed by atoms with E-state index in [-0.39, 0.29) is 0 Å². The second-order valence-corrected chi connectivity index (χ2v) is 5.64. The van der Waals surface area contributed by atoms with Crippen LogP contribution in [0.2, 0.25) is 20.1 Å². The van der Waals surface area contributed by atoms with E-state index in [0.29, 0.717) is 25.8 Å². The van der Waals surface area contributed by atoms with Crippen molar-refractivity contribution in [3.8, 4) is 0 Å². The Bertz CT molecular complexity index is 650. The summed E-state index contributed by atoms with van der Waals surface area (Å²) in [4.78, 5) is 4.30. The summed E-state index contributed by atoms with van der Waals surface area (Å²) in [5.74, 6) is 0. The highest BCUT2D eigenvalue weighted by Gasteiger charge is 2.04. The molecule has 19 heavy (non-hydrogen) atoms. The first kappa shape index (κ1) is 14.7. The molecule has 0 spiro atoms. The third kappa shape index (κ3) is 3.64. The van der Waals surface area contributed by atoms with Gasteiger partial charge in [0.05, 0.1) is 15.7 Å². The zero-order valence-corrected chi connectivity index (χ0v) is 12.9. The molecule has 0 heterocycles. The number of aryl methyl sites for hydroxylation is 1. The average molecular weight is 333 g/mol. The Morgan fingerprint density at radius 2 is 1.68 bits per heavy atom. The lowest BCUT2D eigenvalue weighted by atomic mass is 10.1. The first-order valence-electron chi connectivity index (χ1n) is 5.42. The average Bonchev–Trinajstić information content (AvgIpc) is 2.33. The Labute approximate surface area is 131 Å². The highest BCUT2D eigenvalue weighted by atomic mass is 35.5. The van der Waals surface area contributed by atoms with Crippen molar-refractivity contribution in [2.75, 3.05) is 0 Å². The Morgan fingerprint density at radius 3 is 2.37 bits per heavy atom. The van der Waals surface area contributed by atoms with Gasteiger partial charge in [-0.15, -0.1) is 0 Å². The first-order valence-corrected chi connectivity index (χ1v) is 6.93. The Balaban J connectivity index is 2.38. The maximum atomic E-state index is 6.19. The van der Waals surface area contributed by atoms with Crippen LogP contribution in [0.25, 0.3) is 0 Å². The molecule has 2 aromatic rings. The zero-order chi connectivity index (χ0) is 14.0. The van der Waals surface area contributed by atoms with Gasteiger partial charge in [-0.1, -0.05) is 46.4 Å². The Morgan fingerprint density at radius 1 is 0.947 bits per heavy atom. The molecule has 0 fully saturated rings. The van der Waals surface area contributed by atoms with Crippen LogP contribution < -0.4 is 0 Å². The number of rotatable bonds is 2. The third-order valence-corrected chi connectivity index (χ3v) is 3.77. The lowest BCUT2D eigenvalue weighted by Gasteiger charge is -2.04. The van der Waals surface area contributed by atoms with Gasteiger partial charge in [-0.05, 0) is 42.8 Å². The van der Waals surface area contributed by atoms with E-state index in [1.165, 1.54) is 0 Å². The molecule has 0 aromatic heterocycles. The maximum Gasteiger partial charge on any atom is 0.0817 e. The molecule has 0 saturated heterocycles. The standard InChI is InChI=1S/C14H9Cl4N/c1-8-4-11(16)5-9(14(8)18)7-19-13-3-2-10(15)6-12(13)17/h2-7H,1H3. The fourth-order valence-corrected chi connectivity index (χ4v) is 2.47. The summed E-state index contributed by atoms with van der Waals surface area (Å²) in [7, 11) is 0. The minimum atomic E-state index is 0.485. The summed E-state index contributed by atoms with van der Waals surface area (Å²) in [5.41, 5.74) is 2.27. The van der Waals surface area contributed by atoms with Gasteiger partial charge in [0.25, 0.3) is 0 Å². The van der Waals surface area contributed by atoms with E-state index in [9.17, 15) is 0 Å². The molecule has 0 amide bonds. The zero-order valence-electron chi connectivity index (χ0n) is 9.92. The number of nitrogens with zero attached hydrogens (tertiary/aromatic N) is 1. The van der Waals surface area contributed by atoms with Gasteiger partial charge in [0.15, 0.2) is 0 Å². The summed E-state index contributed by atoms with van der Waals surface area (Å²) in [6.45, 7) is 1.89. The molecule has 0 saturated carbocycles. The van der Waals surface area contributed by atoms with Crippen molar-refractivity contribution in [1.29, 1.82) is 0 Å². The van der Waals surface area contributed by atoms with Gasteiger partial charge in [-0.2, -0.15) is 0 Å². The van der Waals surface area contributed by atoms with E-state index in [1.54, 1.807) is 36.5 Å². The molecular formula is C14H9Cl4N. The van der Waals surface area contributed by atoms with Gasteiger partial charge in [0, 0.05) is 21.8 Å². The smallest absolute Gasteiger partial charge is 0.0817 e. The van der Waals surface area contributed by atoms with Crippen molar-refractivity contribution in [2.24, 2.45) is 4.99 Å². The fraction of sp³-hybridized carbons (Fsp3) is 0.0714. The van der Waals surface area contributed by atoms with E-state index in [0.717, 1.165) is 11.1 Å². The van der Waals surface area contributed by atoms with Crippen LogP contribution in [0.15, 0.2) is 35.3 Å². The van der Waals surface area contributed by atoms with Crippen molar-refractivity contribution < 1.29 is 0 Å². The topological polar surface area (TPSA) is 12.4 Å². The van der Waals surface area contributed by atoms with Crippen LogP contribution in [-0.4, -0.2) is 6.21 Å². The minimum Gasteiger partial charge on any atom is -0.255 e. The molecule has 0 bridgehead atoms. The Hall–Kier alpha value is -0.730. The molecule has 0 radical (unpaired) electrons. The van der Waals surface area contributed by atoms with Gasteiger partial charge in [0.1, 0.15) is 0 Å². The summed E-state index contributed by atoms with van der Waals surface area (Å²) in [6.07, 6.45) is 1.64. The summed E-state index contributed by atoms with van der Waals surface area (Å²) >= 11 is 24.1. The third-order valence-electron chi connectivity index (χ3n) is 2.50. The van der Waals surface area contributed by atoms with Crippen LogP contribution >= 0.6 is 46.4 Å². The van der Waals surface area contributed by atoms with Crippen molar-refractivity contribution in [1.82, 2.24) is 0 Å². The quantitative estimate of drug-likeness (QED) is 0.567. The molecule has 0 unspecified atom stereocenters. The summed E-state index contributed by atoms with van der Waals surface area (Å²) in [5, 5.41) is 2.29. The largest absolute Gasteiger partial charge is 0.255 e. The molecule has 98 valence electrons. The summed E-state index contributed by atoms with van der Waals surface area (Å²) in [6, 6.07) is 8.67. The van der Waals surface area contributed by atoms with Crippen LogP contribution in [0, 0.1) is 6.92 Å². The molecule has 1 nitrogen and oxygen atoms in total. The fourth-order valence-electron chi connectivity index (χ4n) is 1.57. The molecule has 2 aromatic carbocycles. The molecule has 0 aliphatic heterocycles. The number of hydrogen-bond donors (Lipinski definition) is 0. The van der Waals surface area contributed by atoms with Gasteiger partial charge in [-0.3, -0.25) is 4.99 Å². The van der Waals surface area contributed by atoms with E-state index in [1.807, 2.05) is 6.92 Å². The van der Waals surface area contributed by atoms with Crippen molar-refractivity contribution in [2.45, 2.75) is 6.92 Å². The number of aliphatic imine (C=N–C) groups is 1. The van der Waals surface area contributed by atoms with Gasteiger partial charge >= 0.3 is 0 Å². The second-order valence-electron chi connectivity index (χ2n) is 3.98. The second kappa shape index (κ2) is 6.15. The molecule has 0 N–H and O–H groups in total. The van der Waals surface area contributed by atoms with Crippen LogP contribution in [0.4, 0.5) is 5.69 Å². The van der Waals surface area contributed by atoms with Crippen LogP contribution in [0.1, 0.15) is 11.1 Å². The SMILES string of the molecule is Cc1cc(Cl)cc(C=Nc2ccc(Cl)cc2Cl)c1Cl. The van der Waals surface area contributed by atoms with E-state index >= 15 is 0 Å². The number of hydrogen-bond acceptors (Lipinski definition) is 1. The minimum absolute atomic E-state index is 0.485. The van der Waals surface area contributed by atoms with Crippen molar-refractivity contribution in [3.05, 3.63) is 61.5 Å². The number of benzene rings is 2. The van der Waals surface area contributed by atoms with E-state index in [4.69, 9.17) is 46.4 Å². The van der Waals surface area contributed by atoms with Crippen molar-refractivity contribution >= 4 is 58.3 Å². The van der Waals surface area contributed by atoms with Crippen LogP contribution in [-0.2, 0) is 0 Å². The lowest BCUT2D eigenvalue weighted by molar-refractivity contribution is 1.45. The van der Waals surface area contributed by atoms with Crippen LogP contribution in [0.5, 0.6) is 0 Å². The van der Waals surface area contributed by atoms with Gasteiger partial charge < -0.3 is 0 Å². The van der Waals surface area contributed by atoms with Gasteiger partial charge in [-0.25, -0.2) is 0 Å². The molecule has 0 atom stereocenters. The highest BCUT2D eigenvalue weighted by molar-refractivity contribution is 6.37. The van der Waals surface area contributed by atoms with E-state index in [2.05, 4.69) is 4.99 Å². The molecule has 0 aliphatic rings. The molecule has 2 rings (SSSR count). The van der Waals surface area contributed by atoms with Crippen LogP contribution in [0.3, 0.4) is 0 Å². The van der Waals surface area contributed by atoms with Crippen molar-refractivity contribution in [3.63, 3.8) is 0 Å². The predicted octanol–water partition coefficient (Wildman–Crippen LogP) is 6.36. The number of halogens is 4. The maximum absolute atomic E-state index is 6.19. The normalized spacial score (nSPS) is 11.2. The molecular weight excluding hydrogens is 324 g/mol. The molecule has 5 heteroatoms. The monoisotopic (exact) mass is 331 g/mol. The lowest BCUT2D eigenvalue weighted by Crippen LogP contribution is -1.87. The molecule has 0 aliphatic carbocycles. The van der Waals surface area contributed by atoms with E-state index < -0.39 is 0 Å². The predicted molar refractivity (Wildman–Crippen MR) is 84.9 cm³/mol. The van der Waals surface area contributed by atoms with Gasteiger partial charge in [0.2, 0.25) is 0 Å². The Kier molecular flexibility index (Phi) is 4.75.